The molecule has 0 aliphatic heterocycles. The molecule has 1 rings (SSSR count). The average molecular weight is 367 g/mol. The Bertz CT molecular complexity index is 587. The highest BCUT2D eigenvalue weighted by Crippen LogP contribution is 2.32. The molecule has 1 unspecified atom stereocenters. The summed E-state index contributed by atoms with van der Waals surface area (Å²) in [5.41, 5.74) is 4.88. The number of nitrogen functional groups attached to an aromatic ring is 1. The second-order valence-electron chi connectivity index (χ2n) is 4.70. The molecular weight excluding hydrogens is 348 g/mol. The van der Waals surface area contributed by atoms with E-state index in [1.807, 2.05) is 0 Å². The highest BCUT2D eigenvalue weighted by molar-refractivity contribution is 9.10. The van der Waals surface area contributed by atoms with Crippen molar-refractivity contribution in [2.75, 3.05) is 19.4 Å². The van der Waals surface area contributed by atoms with E-state index in [1.54, 1.807) is 13.8 Å². The number of aliphatic hydroxyl groups is 1. The summed E-state index contributed by atoms with van der Waals surface area (Å²) in [6, 6.07) is 2.80. The first-order chi connectivity index (χ1) is 9.13. The predicted molar refractivity (Wildman–Crippen MR) is 81.2 cm³/mol. The van der Waals surface area contributed by atoms with Crippen molar-refractivity contribution < 1.29 is 18.3 Å². The van der Waals surface area contributed by atoms with Gasteiger partial charge in [0.05, 0.1) is 12.7 Å². The molecule has 0 spiro atoms. The average Bonchev–Trinajstić information content (AvgIpc) is 2.39. The smallest absolute Gasteiger partial charge is 0.244 e. The van der Waals surface area contributed by atoms with Gasteiger partial charge in [-0.2, -0.15) is 0 Å². The number of benzene rings is 1. The Hall–Kier alpha value is -0.830. The van der Waals surface area contributed by atoms with E-state index in [0.29, 0.717) is 10.9 Å². The Morgan fingerprint density at radius 1 is 1.50 bits per heavy atom. The zero-order chi connectivity index (χ0) is 15.6. The highest BCUT2D eigenvalue weighted by Gasteiger charge is 2.25. The fraction of sp³-hybridized carbons (Fsp3) is 0.500. The van der Waals surface area contributed by atoms with E-state index in [9.17, 15) is 13.5 Å². The lowest BCUT2D eigenvalue weighted by Gasteiger charge is -2.22. The van der Waals surface area contributed by atoms with Gasteiger partial charge in [0.25, 0.3) is 0 Å². The number of halogens is 1. The largest absolute Gasteiger partial charge is 0.495 e. The molecule has 0 saturated heterocycles. The molecule has 0 bridgehead atoms. The molecule has 0 amide bonds. The van der Waals surface area contributed by atoms with Crippen molar-refractivity contribution in [1.29, 1.82) is 0 Å². The van der Waals surface area contributed by atoms with E-state index >= 15 is 0 Å². The van der Waals surface area contributed by atoms with Crippen LogP contribution in [-0.4, -0.2) is 32.8 Å². The number of sulfonamides is 1. The zero-order valence-electron chi connectivity index (χ0n) is 11.6. The van der Waals surface area contributed by atoms with Crippen LogP contribution >= 0.6 is 15.9 Å². The molecule has 114 valence electrons. The standard InChI is InChI=1S/C12H19BrN2O4S/c1-4-12(2,16)7-15-20(17,18)11-6-9(14)8(13)5-10(11)19-3/h5-6,15-16H,4,7,14H2,1-3H3. The molecule has 6 nitrogen and oxygen atoms in total. The molecular formula is C12H19BrN2O4S. The molecule has 4 N–H and O–H groups in total. The van der Waals surface area contributed by atoms with Crippen LogP contribution in [0.4, 0.5) is 5.69 Å². The number of ether oxygens (including phenoxy) is 1. The van der Waals surface area contributed by atoms with Gasteiger partial charge in [0.15, 0.2) is 0 Å². The second-order valence-corrected chi connectivity index (χ2v) is 7.29. The quantitative estimate of drug-likeness (QED) is 0.661. The summed E-state index contributed by atoms with van der Waals surface area (Å²) < 4.78 is 32.5. The molecule has 1 aromatic carbocycles. The maximum Gasteiger partial charge on any atom is 0.244 e. The summed E-state index contributed by atoms with van der Waals surface area (Å²) in [4.78, 5) is -0.0624. The third-order valence-electron chi connectivity index (χ3n) is 2.98. The topological polar surface area (TPSA) is 102 Å². The first-order valence-electron chi connectivity index (χ1n) is 5.98. The minimum atomic E-state index is -3.82. The van der Waals surface area contributed by atoms with Gasteiger partial charge in [-0.15, -0.1) is 0 Å². The van der Waals surface area contributed by atoms with Gasteiger partial charge < -0.3 is 15.6 Å². The van der Waals surface area contributed by atoms with Crippen molar-refractivity contribution in [3.05, 3.63) is 16.6 Å². The Morgan fingerprint density at radius 2 is 2.10 bits per heavy atom. The monoisotopic (exact) mass is 366 g/mol. The Morgan fingerprint density at radius 3 is 2.60 bits per heavy atom. The summed E-state index contributed by atoms with van der Waals surface area (Å²) in [7, 11) is -2.45. The van der Waals surface area contributed by atoms with Gasteiger partial charge in [-0.25, -0.2) is 13.1 Å². The van der Waals surface area contributed by atoms with E-state index in [-0.39, 0.29) is 22.9 Å². The minimum absolute atomic E-state index is 0.0624. The van der Waals surface area contributed by atoms with Crippen LogP contribution < -0.4 is 15.2 Å². The normalized spacial score (nSPS) is 14.8. The van der Waals surface area contributed by atoms with Crippen LogP contribution in [0, 0.1) is 0 Å². The van der Waals surface area contributed by atoms with Crippen LogP contribution in [0.1, 0.15) is 20.3 Å². The molecule has 0 saturated carbocycles. The molecule has 0 aliphatic carbocycles. The lowest BCUT2D eigenvalue weighted by Crippen LogP contribution is -2.40. The maximum atomic E-state index is 12.3. The van der Waals surface area contributed by atoms with E-state index in [2.05, 4.69) is 20.7 Å². The molecule has 0 fully saturated rings. The van der Waals surface area contributed by atoms with Crippen LogP contribution in [0.5, 0.6) is 5.75 Å². The van der Waals surface area contributed by atoms with Gasteiger partial charge in [-0.1, -0.05) is 6.92 Å². The highest BCUT2D eigenvalue weighted by atomic mass is 79.9. The first-order valence-corrected chi connectivity index (χ1v) is 8.25. The van der Waals surface area contributed by atoms with Crippen molar-refractivity contribution in [3.8, 4) is 5.75 Å². The number of methoxy groups -OCH3 is 1. The Labute approximate surface area is 127 Å². The predicted octanol–water partition coefficient (Wildman–Crippen LogP) is 1.48. The second kappa shape index (κ2) is 6.30. The summed E-state index contributed by atoms with van der Waals surface area (Å²) >= 11 is 3.21. The van der Waals surface area contributed by atoms with Crippen molar-refractivity contribution >= 4 is 31.6 Å². The van der Waals surface area contributed by atoms with Crippen LogP contribution in [-0.2, 0) is 10.0 Å². The van der Waals surface area contributed by atoms with Gasteiger partial charge in [0.2, 0.25) is 10.0 Å². The lowest BCUT2D eigenvalue weighted by atomic mass is 10.1. The number of hydrogen-bond acceptors (Lipinski definition) is 5. The summed E-state index contributed by atoms with van der Waals surface area (Å²) in [6.07, 6.45) is 0.426. The van der Waals surface area contributed by atoms with Gasteiger partial charge >= 0.3 is 0 Å². The third-order valence-corrected chi connectivity index (χ3v) is 5.09. The number of nitrogens with one attached hydrogen (secondary N) is 1. The first kappa shape index (κ1) is 17.2. The van der Waals surface area contributed by atoms with Gasteiger partial charge in [-0.3, -0.25) is 0 Å². The molecule has 0 radical (unpaired) electrons. The van der Waals surface area contributed by atoms with Crippen LogP contribution in [0.2, 0.25) is 0 Å². The zero-order valence-corrected chi connectivity index (χ0v) is 14.0. The van der Waals surface area contributed by atoms with Gasteiger partial charge in [0.1, 0.15) is 10.6 Å². The number of hydrogen-bond donors (Lipinski definition) is 3. The van der Waals surface area contributed by atoms with Crippen molar-refractivity contribution in [2.45, 2.75) is 30.8 Å². The fourth-order valence-electron chi connectivity index (χ4n) is 1.37. The van der Waals surface area contributed by atoms with Crippen molar-refractivity contribution in [2.24, 2.45) is 0 Å². The van der Waals surface area contributed by atoms with Crippen LogP contribution in [0.3, 0.4) is 0 Å². The lowest BCUT2D eigenvalue weighted by molar-refractivity contribution is 0.0613. The number of rotatable bonds is 6. The molecule has 0 aliphatic rings. The van der Waals surface area contributed by atoms with Gasteiger partial charge in [0, 0.05) is 16.7 Å². The summed E-state index contributed by atoms with van der Waals surface area (Å²) in [6.45, 7) is 3.24. The summed E-state index contributed by atoms with van der Waals surface area (Å²) in [5.74, 6) is 0.176. The van der Waals surface area contributed by atoms with Crippen molar-refractivity contribution in [3.63, 3.8) is 0 Å². The Kier molecular flexibility index (Phi) is 5.42. The van der Waals surface area contributed by atoms with E-state index in [0.717, 1.165) is 0 Å². The van der Waals surface area contributed by atoms with Crippen molar-refractivity contribution in [1.82, 2.24) is 4.72 Å². The third kappa shape index (κ3) is 4.08. The Balaban J connectivity index is 3.13. The molecule has 20 heavy (non-hydrogen) atoms. The molecule has 8 heteroatoms. The molecule has 0 heterocycles. The molecule has 1 aromatic rings. The van der Waals surface area contributed by atoms with E-state index in [4.69, 9.17) is 10.5 Å². The number of nitrogens with two attached hydrogens (primary N) is 1. The SMILES string of the molecule is CCC(C)(O)CNS(=O)(=O)c1cc(N)c(Br)cc1OC. The number of anilines is 1. The summed E-state index contributed by atoms with van der Waals surface area (Å²) in [5, 5.41) is 9.87. The van der Waals surface area contributed by atoms with Crippen LogP contribution in [0.25, 0.3) is 0 Å². The fourth-order valence-corrected chi connectivity index (χ4v) is 3.04. The molecule has 1 atom stereocenters. The van der Waals surface area contributed by atoms with Crippen LogP contribution in [0.15, 0.2) is 21.5 Å². The van der Waals surface area contributed by atoms with Gasteiger partial charge in [-0.05, 0) is 41.4 Å². The van der Waals surface area contributed by atoms with E-state index < -0.39 is 15.6 Å². The minimum Gasteiger partial charge on any atom is -0.495 e. The maximum absolute atomic E-state index is 12.3. The molecule has 0 aromatic heterocycles. The van der Waals surface area contributed by atoms with E-state index in [1.165, 1.54) is 19.2 Å².